The summed E-state index contributed by atoms with van der Waals surface area (Å²) in [6, 6.07) is 64.9. The molecule has 9 rings (SSSR count). The molecule has 8 aromatic carbocycles. The predicted octanol–water partition coefficient (Wildman–Crippen LogP) is 13.8. The summed E-state index contributed by atoms with van der Waals surface area (Å²) in [5.74, 6) is 0. The maximum Gasteiger partial charge on any atom is 0.0798 e. The van der Waals surface area contributed by atoms with Crippen molar-refractivity contribution in [3.05, 3.63) is 211 Å². The molecule has 2 nitrogen and oxygen atoms in total. The maximum absolute atomic E-state index is 5.40. The van der Waals surface area contributed by atoms with Crippen molar-refractivity contribution in [1.29, 1.82) is 0 Å². The molecule has 3 heteroatoms. The SMILES string of the molecule is C=C(N=C(/C(=C(\I)c1ccccc1)c1ccccc1)c1cccc(-c2cccc3c2ccc2c3c3cc4ccccc4cc3n2C)c1)c1ccccc1. The Hall–Kier alpha value is -6.04. The van der Waals surface area contributed by atoms with E-state index >= 15 is 0 Å². The normalized spacial score (nSPS) is 12.5. The Morgan fingerprint density at radius 2 is 1.11 bits per heavy atom. The summed E-state index contributed by atoms with van der Waals surface area (Å²) in [7, 11) is 2.18. The molecule has 0 aliphatic carbocycles. The van der Waals surface area contributed by atoms with Gasteiger partial charge in [-0.25, -0.2) is 4.99 Å². The summed E-state index contributed by atoms with van der Waals surface area (Å²) in [6.45, 7) is 4.48. The van der Waals surface area contributed by atoms with E-state index < -0.39 is 0 Å². The van der Waals surface area contributed by atoms with E-state index in [2.05, 4.69) is 205 Å². The first-order chi connectivity index (χ1) is 26.0. The smallest absolute Gasteiger partial charge is 0.0798 e. The highest BCUT2D eigenvalue weighted by molar-refractivity contribution is 14.1. The van der Waals surface area contributed by atoms with Crippen molar-refractivity contribution in [2.75, 3.05) is 0 Å². The number of aromatic nitrogens is 1. The monoisotopic (exact) mass is 790 g/mol. The number of nitrogens with zero attached hydrogens (tertiary/aromatic N) is 2. The summed E-state index contributed by atoms with van der Waals surface area (Å²) < 4.78 is 3.45. The topological polar surface area (TPSA) is 17.3 Å². The van der Waals surface area contributed by atoms with Crippen LogP contribution in [0.4, 0.5) is 0 Å². The van der Waals surface area contributed by atoms with Crippen molar-refractivity contribution in [1.82, 2.24) is 4.57 Å². The average molecular weight is 791 g/mol. The lowest BCUT2D eigenvalue weighted by Crippen LogP contribution is -2.07. The van der Waals surface area contributed by atoms with Crippen LogP contribution in [0, 0.1) is 0 Å². The third kappa shape index (κ3) is 5.97. The van der Waals surface area contributed by atoms with E-state index in [1.165, 1.54) is 48.9 Å². The summed E-state index contributed by atoms with van der Waals surface area (Å²) in [5, 5.41) is 7.55. The van der Waals surface area contributed by atoms with Crippen molar-refractivity contribution in [2.45, 2.75) is 0 Å². The van der Waals surface area contributed by atoms with E-state index in [9.17, 15) is 0 Å². The number of benzene rings is 8. The van der Waals surface area contributed by atoms with Crippen molar-refractivity contribution < 1.29 is 0 Å². The zero-order valence-corrected chi connectivity index (χ0v) is 31.5. The molecule has 1 aromatic heterocycles. The van der Waals surface area contributed by atoms with Gasteiger partial charge in [0.05, 0.1) is 11.4 Å². The van der Waals surface area contributed by atoms with Crippen LogP contribution in [0.15, 0.2) is 194 Å². The van der Waals surface area contributed by atoms with Gasteiger partial charge in [0.15, 0.2) is 0 Å². The lowest BCUT2D eigenvalue weighted by atomic mass is 9.90. The average Bonchev–Trinajstić information content (AvgIpc) is 3.50. The molecule has 0 aliphatic heterocycles. The molecule has 0 saturated heterocycles. The number of halogens is 1. The van der Waals surface area contributed by atoms with Gasteiger partial charge < -0.3 is 4.57 Å². The Morgan fingerprint density at radius 3 is 1.83 bits per heavy atom. The number of aliphatic imine (C=N–C) groups is 1. The number of rotatable bonds is 7. The maximum atomic E-state index is 5.40. The number of allylic oxidation sites excluding steroid dienone is 1. The summed E-state index contributed by atoms with van der Waals surface area (Å²) in [6.07, 6.45) is 0. The zero-order valence-electron chi connectivity index (χ0n) is 29.3. The van der Waals surface area contributed by atoms with Crippen molar-refractivity contribution in [3.8, 4) is 11.1 Å². The van der Waals surface area contributed by atoms with Gasteiger partial charge in [0.1, 0.15) is 0 Å². The predicted molar refractivity (Wildman–Crippen MR) is 237 cm³/mol. The molecule has 0 unspecified atom stereocenters. The van der Waals surface area contributed by atoms with Gasteiger partial charge in [0.2, 0.25) is 0 Å². The lowest BCUT2D eigenvalue weighted by Gasteiger charge is -2.18. The number of hydrogen-bond acceptors (Lipinski definition) is 1. The van der Waals surface area contributed by atoms with Gasteiger partial charge in [0, 0.05) is 43.6 Å². The highest BCUT2D eigenvalue weighted by atomic mass is 127. The van der Waals surface area contributed by atoms with Crippen LogP contribution in [0.25, 0.3) is 69.3 Å². The molecule has 0 radical (unpaired) electrons. The first kappa shape index (κ1) is 32.8. The molecule has 0 N–H and O–H groups in total. The zero-order chi connectivity index (χ0) is 35.9. The van der Waals surface area contributed by atoms with Gasteiger partial charge in [-0.3, -0.25) is 0 Å². The fraction of sp³-hybridized carbons (Fsp3) is 0.0200. The van der Waals surface area contributed by atoms with Crippen LogP contribution in [-0.2, 0) is 7.05 Å². The van der Waals surface area contributed by atoms with E-state index in [4.69, 9.17) is 4.99 Å². The fourth-order valence-electron chi connectivity index (χ4n) is 7.63. The second-order valence-corrected chi connectivity index (χ2v) is 14.5. The molecule has 53 heavy (non-hydrogen) atoms. The molecule has 0 spiro atoms. The Bertz CT molecular complexity index is 2900. The minimum absolute atomic E-state index is 0.715. The van der Waals surface area contributed by atoms with Gasteiger partial charge in [-0.15, -0.1) is 0 Å². The highest BCUT2D eigenvalue weighted by Crippen LogP contribution is 2.41. The van der Waals surface area contributed by atoms with E-state index in [-0.39, 0.29) is 0 Å². The van der Waals surface area contributed by atoms with E-state index in [1.54, 1.807) is 0 Å². The minimum atomic E-state index is 0.715. The van der Waals surface area contributed by atoms with Crippen LogP contribution in [0.3, 0.4) is 0 Å². The molecular formula is C50H35IN2. The van der Waals surface area contributed by atoms with Crippen LogP contribution >= 0.6 is 22.6 Å². The van der Waals surface area contributed by atoms with E-state index in [1.807, 2.05) is 18.2 Å². The first-order valence-corrected chi connectivity index (χ1v) is 18.9. The largest absolute Gasteiger partial charge is 0.344 e. The Kier molecular flexibility index (Phi) is 8.57. The quantitative estimate of drug-likeness (QED) is 0.0869. The molecule has 252 valence electrons. The lowest BCUT2D eigenvalue weighted by molar-refractivity contribution is 1.02. The summed E-state index contributed by atoms with van der Waals surface area (Å²) >= 11 is 2.50. The molecular weight excluding hydrogens is 755 g/mol. The number of fused-ring (bicyclic) bond motifs is 6. The Morgan fingerprint density at radius 1 is 0.509 bits per heavy atom. The van der Waals surface area contributed by atoms with Crippen LogP contribution in [0.5, 0.6) is 0 Å². The second kappa shape index (κ2) is 13.8. The third-order valence-corrected chi connectivity index (χ3v) is 11.4. The van der Waals surface area contributed by atoms with Crippen molar-refractivity contribution in [3.63, 3.8) is 0 Å². The van der Waals surface area contributed by atoms with Gasteiger partial charge >= 0.3 is 0 Å². The molecule has 9 aromatic rings. The van der Waals surface area contributed by atoms with Crippen LogP contribution < -0.4 is 0 Å². The molecule has 1 heterocycles. The second-order valence-electron chi connectivity index (χ2n) is 13.4. The van der Waals surface area contributed by atoms with Crippen molar-refractivity contribution in [2.24, 2.45) is 12.0 Å². The molecule has 0 aliphatic rings. The van der Waals surface area contributed by atoms with Crippen LogP contribution in [0.2, 0.25) is 0 Å². The standard InChI is InChI=1S/C50H35IN2/c1-33(34-16-6-3-7-17-34)52-50(47(35-18-8-4-9-19-35)49(51)36-20-10-5-11-21-36)40-25-14-24-39(30-40)41-26-15-27-43-42(41)28-29-45-48(43)44-31-37-22-12-13-23-38(37)32-46(44)53(45)2/h3-32H,1H2,2H3/b49-47-,52-50?. The highest BCUT2D eigenvalue weighted by Gasteiger charge is 2.20. The van der Waals surface area contributed by atoms with Gasteiger partial charge in [-0.05, 0) is 96.2 Å². The molecule has 0 saturated carbocycles. The number of hydrogen-bond donors (Lipinski definition) is 0. The molecule has 0 atom stereocenters. The number of aryl methyl sites for hydroxylation is 1. The first-order valence-electron chi connectivity index (χ1n) is 17.8. The molecule has 0 amide bonds. The third-order valence-electron chi connectivity index (χ3n) is 10.2. The van der Waals surface area contributed by atoms with Gasteiger partial charge in [0.25, 0.3) is 0 Å². The van der Waals surface area contributed by atoms with Crippen LogP contribution in [-0.4, -0.2) is 10.3 Å². The summed E-state index contributed by atoms with van der Waals surface area (Å²) in [4.78, 5) is 5.40. The Labute approximate surface area is 323 Å². The van der Waals surface area contributed by atoms with E-state index in [0.717, 1.165) is 42.7 Å². The fourth-order valence-corrected chi connectivity index (χ4v) is 8.55. The minimum Gasteiger partial charge on any atom is -0.344 e. The van der Waals surface area contributed by atoms with E-state index in [0.29, 0.717) is 5.70 Å². The summed E-state index contributed by atoms with van der Waals surface area (Å²) in [5.41, 5.74) is 11.7. The van der Waals surface area contributed by atoms with Gasteiger partial charge in [-0.2, -0.15) is 0 Å². The Balaban J connectivity index is 1.27. The molecule has 0 fully saturated rings. The van der Waals surface area contributed by atoms with Crippen molar-refractivity contribution >= 4 is 86.5 Å². The van der Waals surface area contributed by atoms with Gasteiger partial charge in [-0.1, -0.05) is 164 Å². The molecule has 0 bridgehead atoms. The van der Waals surface area contributed by atoms with Crippen LogP contribution in [0.1, 0.15) is 22.3 Å².